The van der Waals surface area contributed by atoms with Crippen molar-refractivity contribution < 1.29 is 14.6 Å². The number of nitrogens with zero attached hydrogens (tertiary/aromatic N) is 4. The highest BCUT2D eigenvalue weighted by molar-refractivity contribution is 5.93. The van der Waals surface area contributed by atoms with Crippen LogP contribution in [0.15, 0.2) is 30.5 Å². The summed E-state index contributed by atoms with van der Waals surface area (Å²) in [5.74, 6) is 0.673. The Labute approximate surface area is 188 Å². The Morgan fingerprint density at radius 3 is 2.72 bits per heavy atom. The third-order valence-electron chi connectivity index (χ3n) is 7.54. The van der Waals surface area contributed by atoms with Crippen molar-refractivity contribution >= 4 is 11.8 Å². The fraction of sp³-hybridized carbons (Fsp3) is 0.480. The number of anilines is 1. The zero-order chi connectivity index (χ0) is 22.3. The molecule has 1 N–H and O–H groups in total. The van der Waals surface area contributed by atoms with Gasteiger partial charge in [0.1, 0.15) is 18.5 Å². The maximum atomic E-state index is 11.8. The summed E-state index contributed by atoms with van der Waals surface area (Å²) in [6, 6.07) is 9.54. The number of carbonyl (C=O) groups excluding carboxylic acids is 1. The number of fused-ring (bicyclic) bond motifs is 1. The quantitative estimate of drug-likeness (QED) is 0.743. The van der Waals surface area contributed by atoms with E-state index in [0.717, 1.165) is 67.9 Å². The first kappa shape index (κ1) is 20.9. The van der Waals surface area contributed by atoms with E-state index in [1.807, 2.05) is 25.1 Å². The first-order valence-corrected chi connectivity index (χ1v) is 11.3. The van der Waals surface area contributed by atoms with Crippen LogP contribution in [-0.4, -0.2) is 53.7 Å². The van der Waals surface area contributed by atoms with Crippen LogP contribution in [-0.2, 0) is 11.3 Å². The number of pyridine rings is 1. The zero-order valence-electron chi connectivity index (χ0n) is 18.4. The molecule has 1 aromatic carbocycles. The Hall–Kier alpha value is -2.95. The number of hydrogen-bond acceptors (Lipinski definition) is 7. The largest absolute Gasteiger partial charge is 0.457 e. The average molecular weight is 433 g/mol. The van der Waals surface area contributed by atoms with E-state index < -0.39 is 6.10 Å². The second kappa shape index (κ2) is 8.19. The number of likely N-dealkylation sites (tertiary alicyclic amines) is 1. The van der Waals surface area contributed by atoms with Gasteiger partial charge in [-0.25, -0.2) is 9.78 Å². The van der Waals surface area contributed by atoms with E-state index in [9.17, 15) is 9.90 Å². The molecule has 0 saturated carbocycles. The van der Waals surface area contributed by atoms with Crippen molar-refractivity contribution in [2.45, 2.75) is 38.9 Å². The van der Waals surface area contributed by atoms with Gasteiger partial charge in [0.2, 0.25) is 0 Å². The van der Waals surface area contributed by atoms with Crippen LogP contribution in [0.3, 0.4) is 0 Å². The smallest absolute Gasteiger partial charge is 0.338 e. The minimum absolute atomic E-state index is 0.270. The molecule has 1 aromatic heterocycles. The topological polar surface area (TPSA) is 89.7 Å². The molecule has 166 valence electrons. The Balaban J connectivity index is 1.19. The van der Waals surface area contributed by atoms with Crippen molar-refractivity contribution in [1.82, 2.24) is 9.88 Å². The van der Waals surface area contributed by atoms with Crippen LogP contribution in [0.1, 0.15) is 58.0 Å². The van der Waals surface area contributed by atoms with Crippen LogP contribution >= 0.6 is 0 Å². The predicted octanol–water partition coefficient (Wildman–Crippen LogP) is 2.96. The Kier molecular flexibility index (Phi) is 5.36. The number of nitriles is 1. The first-order chi connectivity index (χ1) is 15.5. The molecule has 1 spiro atoms. The number of ether oxygens (including phenoxy) is 1. The minimum Gasteiger partial charge on any atom is -0.457 e. The molecule has 4 heterocycles. The van der Waals surface area contributed by atoms with Crippen molar-refractivity contribution in [3.05, 3.63) is 58.3 Å². The standard InChI is InChI=1S/C25H28N4O3/c1-17-19(3-4-20-21(17)15-32-24(20)31)22(30)14-28-9-6-25(16-28)7-10-29(11-8-25)23-5-2-18(12-26)13-27-23/h2-5,13,22,30H,6-11,14-16H2,1H3/t22-/m0/s1. The SMILES string of the molecule is Cc1c([C@@H](O)CN2CCC3(CCN(c4ccc(C#N)cn4)CC3)C2)ccc2c1COC2=O. The van der Waals surface area contributed by atoms with E-state index in [1.165, 1.54) is 0 Å². The van der Waals surface area contributed by atoms with Crippen molar-refractivity contribution in [2.24, 2.45) is 5.41 Å². The number of aliphatic hydroxyl groups is 1. The highest BCUT2D eigenvalue weighted by atomic mass is 16.5. The highest BCUT2D eigenvalue weighted by Gasteiger charge is 2.41. The number of benzene rings is 1. The summed E-state index contributed by atoms with van der Waals surface area (Å²) in [4.78, 5) is 20.9. The van der Waals surface area contributed by atoms with E-state index in [4.69, 9.17) is 10.00 Å². The molecule has 5 rings (SSSR count). The lowest BCUT2D eigenvalue weighted by Crippen LogP contribution is -2.42. The van der Waals surface area contributed by atoms with Crippen LogP contribution in [0.25, 0.3) is 0 Å². The Morgan fingerprint density at radius 1 is 1.22 bits per heavy atom. The van der Waals surface area contributed by atoms with Crippen molar-refractivity contribution in [2.75, 3.05) is 37.6 Å². The van der Waals surface area contributed by atoms with E-state index in [0.29, 0.717) is 29.7 Å². The molecule has 0 aliphatic carbocycles. The lowest BCUT2D eigenvalue weighted by Gasteiger charge is -2.40. The number of cyclic esters (lactones) is 1. The van der Waals surface area contributed by atoms with Crippen molar-refractivity contribution in [3.8, 4) is 6.07 Å². The number of carbonyl (C=O) groups is 1. The van der Waals surface area contributed by atoms with Crippen molar-refractivity contribution in [3.63, 3.8) is 0 Å². The van der Waals surface area contributed by atoms with E-state index in [-0.39, 0.29) is 5.97 Å². The monoisotopic (exact) mass is 432 g/mol. The van der Waals surface area contributed by atoms with Gasteiger partial charge in [0.15, 0.2) is 0 Å². The van der Waals surface area contributed by atoms with Gasteiger partial charge in [-0.15, -0.1) is 0 Å². The molecular formula is C25H28N4O3. The predicted molar refractivity (Wildman–Crippen MR) is 119 cm³/mol. The molecule has 0 amide bonds. The highest BCUT2D eigenvalue weighted by Crippen LogP contribution is 2.41. The lowest BCUT2D eigenvalue weighted by atomic mass is 9.78. The molecular weight excluding hydrogens is 404 g/mol. The maximum absolute atomic E-state index is 11.8. The van der Waals surface area contributed by atoms with Crippen LogP contribution in [0, 0.1) is 23.7 Å². The summed E-state index contributed by atoms with van der Waals surface area (Å²) in [6.07, 6.45) is 4.44. The number of piperidine rings is 1. The van der Waals surface area contributed by atoms with Crippen LogP contribution < -0.4 is 4.90 Å². The van der Waals surface area contributed by atoms with Crippen LogP contribution in [0.4, 0.5) is 5.82 Å². The third-order valence-corrected chi connectivity index (χ3v) is 7.54. The normalized spacial score (nSPS) is 20.8. The average Bonchev–Trinajstić information content (AvgIpc) is 3.38. The van der Waals surface area contributed by atoms with E-state index in [2.05, 4.69) is 20.9 Å². The molecule has 7 heteroatoms. The molecule has 0 radical (unpaired) electrons. The molecule has 2 fully saturated rings. The molecule has 0 unspecified atom stereocenters. The number of β-amino-alcohol motifs (C(OH)–C–C–N with tert-alkyl or cyclic N) is 1. The van der Waals surface area contributed by atoms with Gasteiger partial charge in [-0.2, -0.15) is 5.26 Å². The third kappa shape index (κ3) is 3.74. The zero-order valence-corrected chi connectivity index (χ0v) is 18.4. The summed E-state index contributed by atoms with van der Waals surface area (Å²) in [7, 11) is 0. The van der Waals surface area contributed by atoms with Gasteiger partial charge in [0.25, 0.3) is 0 Å². The fourth-order valence-electron chi connectivity index (χ4n) is 5.51. The molecule has 32 heavy (non-hydrogen) atoms. The van der Waals surface area contributed by atoms with Gasteiger partial charge in [0.05, 0.1) is 17.2 Å². The van der Waals surface area contributed by atoms with Gasteiger partial charge in [-0.05, 0) is 67.5 Å². The fourth-order valence-corrected chi connectivity index (χ4v) is 5.51. The van der Waals surface area contributed by atoms with Crippen LogP contribution in [0.2, 0.25) is 0 Å². The second-order valence-electron chi connectivity index (χ2n) is 9.39. The molecule has 0 bridgehead atoms. The number of esters is 1. The maximum Gasteiger partial charge on any atom is 0.338 e. The molecule has 7 nitrogen and oxygen atoms in total. The number of aliphatic hydroxyl groups excluding tert-OH is 1. The first-order valence-electron chi connectivity index (χ1n) is 11.3. The summed E-state index contributed by atoms with van der Waals surface area (Å²) >= 11 is 0. The summed E-state index contributed by atoms with van der Waals surface area (Å²) in [5, 5.41) is 19.9. The molecule has 2 saturated heterocycles. The summed E-state index contributed by atoms with van der Waals surface area (Å²) < 4.78 is 5.15. The van der Waals surface area contributed by atoms with Gasteiger partial charge >= 0.3 is 5.97 Å². The van der Waals surface area contributed by atoms with Gasteiger partial charge in [-0.3, -0.25) is 4.90 Å². The molecule has 3 aliphatic rings. The number of rotatable bonds is 4. The lowest BCUT2D eigenvalue weighted by molar-refractivity contribution is 0.0535. The van der Waals surface area contributed by atoms with Gasteiger partial charge in [-0.1, -0.05) is 6.07 Å². The molecule has 3 aliphatic heterocycles. The summed E-state index contributed by atoms with van der Waals surface area (Å²) in [6.45, 7) is 6.81. The second-order valence-corrected chi connectivity index (χ2v) is 9.39. The van der Waals surface area contributed by atoms with Crippen molar-refractivity contribution in [1.29, 1.82) is 5.26 Å². The van der Waals surface area contributed by atoms with Crippen LogP contribution in [0.5, 0.6) is 0 Å². The Morgan fingerprint density at radius 2 is 2.00 bits per heavy atom. The van der Waals surface area contributed by atoms with E-state index >= 15 is 0 Å². The summed E-state index contributed by atoms with van der Waals surface area (Å²) in [5.41, 5.74) is 4.29. The number of aromatic nitrogens is 1. The minimum atomic E-state index is -0.575. The Bertz CT molecular complexity index is 1070. The molecule has 1 atom stereocenters. The van der Waals surface area contributed by atoms with Gasteiger partial charge in [0, 0.05) is 37.9 Å². The van der Waals surface area contributed by atoms with E-state index in [1.54, 1.807) is 12.3 Å². The number of hydrogen-bond donors (Lipinski definition) is 1. The van der Waals surface area contributed by atoms with Gasteiger partial charge < -0.3 is 14.7 Å². The molecule has 2 aromatic rings.